The van der Waals surface area contributed by atoms with Gasteiger partial charge in [0.1, 0.15) is 0 Å². The molecule has 0 fully saturated rings. The van der Waals surface area contributed by atoms with Crippen LogP contribution < -0.4 is 5.01 Å². The highest BCUT2D eigenvalue weighted by molar-refractivity contribution is 5.97. The normalized spacial score (nSPS) is 9.74. The van der Waals surface area contributed by atoms with Gasteiger partial charge in [0.2, 0.25) is 0 Å². The van der Waals surface area contributed by atoms with E-state index in [9.17, 15) is 14.4 Å². The molecule has 102 valence electrons. The number of carboxylic acid groups (broad SMARTS) is 3. The van der Waals surface area contributed by atoms with Crippen molar-refractivity contribution in [2.24, 2.45) is 0 Å². The molecule has 0 aliphatic heterocycles. The van der Waals surface area contributed by atoms with Gasteiger partial charge in [-0.05, 0) is 17.7 Å². The summed E-state index contributed by atoms with van der Waals surface area (Å²) in [5, 5.41) is 34.9. The number of anilines is 1. The molecule has 4 N–H and O–H groups in total. The summed E-state index contributed by atoms with van der Waals surface area (Å²) in [4.78, 5) is 32.6. The van der Waals surface area contributed by atoms with E-state index in [4.69, 9.17) is 20.4 Å². The second kappa shape index (κ2) is 5.69. The molecule has 0 atom stereocenters. The standard InChI is InChI=1S/C10H10N2O7/c13-5-6-1-3-7(4-2-6)11(8(14)15)12(9(16)17)10(18)19/h1-4,13H,5H2,(H,14,15)(H,16,17)(H,18,19). The highest BCUT2D eigenvalue weighted by Gasteiger charge is 2.33. The predicted octanol–water partition coefficient (Wildman–Crippen LogP) is 1.24. The van der Waals surface area contributed by atoms with Crippen LogP contribution in [-0.2, 0) is 6.61 Å². The first kappa shape index (κ1) is 14.3. The number of hydrogen-bond donors (Lipinski definition) is 4. The molecule has 9 nitrogen and oxygen atoms in total. The van der Waals surface area contributed by atoms with Crippen LogP contribution in [0.15, 0.2) is 24.3 Å². The van der Waals surface area contributed by atoms with Crippen molar-refractivity contribution in [3.05, 3.63) is 29.8 Å². The van der Waals surface area contributed by atoms with Gasteiger partial charge in [-0.15, -0.1) is 5.01 Å². The fraction of sp³-hybridized carbons (Fsp3) is 0.100. The zero-order chi connectivity index (χ0) is 14.6. The zero-order valence-corrected chi connectivity index (χ0v) is 9.42. The van der Waals surface area contributed by atoms with Gasteiger partial charge in [-0.2, -0.15) is 5.01 Å². The Bertz CT molecular complexity index is 485. The average molecular weight is 270 g/mol. The van der Waals surface area contributed by atoms with Gasteiger partial charge >= 0.3 is 18.3 Å². The molecule has 0 spiro atoms. The van der Waals surface area contributed by atoms with Crippen molar-refractivity contribution in [3.8, 4) is 0 Å². The second-order valence-electron chi connectivity index (χ2n) is 3.30. The molecule has 0 radical (unpaired) electrons. The predicted molar refractivity (Wildman–Crippen MR) is 60.8 cm³/mol. The summed E-state index contributed by atoms with van der Waals surface area (Å²) in [7, 11) is 0. The molecule has 1 aromatic rings. The largest absolute Gasteiger partial charge is 0.463 e. The summed E-state index contributed by atoms with van der Waals surface area (Å²) in [5.74, 6) is 0. The molecule has 0 heterocycles. The molecule has 3 amide bonds. The molecule has 0 bridgehead atoms. The smallest absolute Gasteiger partial charge is 0.437 e. The number of hydrogen-bond acceptors (Lipinski definition) is 4. The van der Waals surface area contributed by atoms with Crippen LogP contribution >= 0.6 is 0 Å². The lowest BCUT2D eigenvalue weighted by Gasteiger charge is -2.26. The van der Waals surface area contributed by atoms with Crippen molar-refractivity contribution in [3.63, 3.8) is 0 Å². The van der Waals surface area contributed by atoms with Gasteiger partial charge in [0.25, 0.3) is 0 Å². The summed E-state index contributed by atoms with van der Waals surface area (Å²) in [6.07, 6.45) is -5.69. The number of aliphatic hydroxyl groups is 1. The van der Waals surface area contributed by atoms with Crippen molar-refractivity contribution in [2.75, 3.05) is 5.01 Å². The molecule has 1 rings (SSSR count). The number of amides is 3. The number of nitrogens with zero attached hydrogens (tertiary/aromatic N) is 2. The van der Waals surface area contributed by atoms with Crippen molar-refractivity contribution < 1.29 is 34.8 Å². The number of benzene rings is 1. The molecule has 19 heavy (non-hydrogen) atoms. The monoisotopic (exact) mass is 270 g/mol. The maximum atomic E-state index is 11.0. The molecule has 0 aliphatic rings. The lowest BCUT2D eigenvalue weighted by Crippen LogP contribution is -2.51. The molecule has 0 aromatic heterocycles. The third-order valence-corrected chi connectivity index (χ3v) is 2.11. The Labute approximate surface area is 106 Å². The van der Waals surface area contributed by atoms with E-state index in [1.54, 1.807) is 0 Å². The van der Waals surface area contributed by atoms with Crippen LogP contribution in [0.25, 0.3) is 0 Å². The summed E-state index contributed by atoms with van der Waals surface area (Å²) >= 11 is 0. The van der Waals surface area contributed by atoms with Crippen LogP contribution in [0.2, 0.25) is 0 Å². The summed E-state index contributed by atoms with van der Waals surface area (Å²) in [6, 6.07) is 5.04. The Hall–Kier alpha value is -2.81. The SMILES string of the molecule is O=C(O)N(C(=O)O)N(C(=O)O)c1ccc(CO)cc1. The number of rotatable bonds is 2. The third kappa shape index (κ3) is 3.10. The number of imide groups is 1. The Morgan fingerprint density at radius 2 is 1.37 bits per heavy atom. The van der Waals surface area contributed by atoms with Gasteiger partial charge in [0.05, 0.1) is 12.3 Å². The lowest BCUT2D eigenvalue weighted by molar-refractivity contribution is 0.112. The molecule has 0 saturated heterocycles. The molecule has 0 saturated carbocycles. The van der Waals surface area contributed by atoms with Crippen LogP contribution in [0, 0.1) is 0 Å². The molecule has 0 unspecified atom stereocenters. The fourth-order valence-corrected chi connectivity index (χ4v) is 1.31. The molecular formula is C10H10N2O7. The lowest BCUT2D eigenvalue weighted by atomic mass is 10.2. The van der Waals surface area contributed by atoms with E-state index in [0.29, 0.717) is 5.56 Å². The number of aliphatic hydroxyl groups excluding tert-OH is 1. The molecule has 0 aliphatic carbocycles. The zero-order valence-electron chi connectivity index (χ0n) is 9.42. The highest BCUT2D eigenvalue weighted by atomic mass is 16.5. The van der Waals surface area contributed by atoms with E-state index in [2.05, 4.69) is 0 Å². The summed E-state index contributed by atoms with van der Waals surface area (Å²) in [6.45, 7) is -0.283. The maximum Gasteiger partial charge on any atom is 0.437 e. The first-order valence-electron chi connectivity index (χ1n) is 4.87. The van der Waals surface area contributed by atoms with E-state index in [1.807, 2.05) is 0 Å². The van der Waals surface area contributed by atoms with Crippen LogP contribution in [-0.4, -0.2) is 43.7 Å². The van der Waals surface area contributed by atoms with Gasteiger partial charge in [-0.25, -0.2) is 14.4 Å². The maximum absolute atomic E-state index is 11.0. The van der Waals surface area contributed by atoms with Gasteiger partial charge in [-0.1, -0.05) is 12.1 Å². The van der Waals surface area contributed by atoms with E-state index in [0.717, 1.165) is 0 Å². The fourth-order valence-electron chi connectivity index (χ4n) is 1.31. The van der Waals surface area contributed by atoms with E-state index in [-0.39, 0.29) is 22.3 Å². The van der Waals surface area contributed by atoms with Crippen LogP contribution in [0.5, 0.6) is 0 Å². The minimum atomic E-state index is -1.96. The van der Waals surface area contributed by atoms with E-state index >= 15 is 0 Å². The first-order chi connectivity index (χ1) is 8.88. The van der Waals surface area contributed by atoms with Crippen LogP contribution in [0.4, 0.5) is 20.1 Å². The van der Waals surface area contributed by atoms with Crippen LogP contribution in [0.1, 0.15) is 5.56 Å². The molecule has 9 heteroatoms. The summed E-state index contributed by atoms with van der Waals surface area (Å²) < 4.78 is 0. The molecular weight excluding hydrogens is 260 g/mol. The van der Waals surface area contributed by atoms with Gasteiger partial charge in [-0.3, -0.25) is 0 Å². The minimum Gasteiger partial charge on any atom is -0.463 e. The average Bonchev–Trinajstić information content (AvgIpc) is 2.34. The van der Waals surface area contributed by atoms with Crippen molar-refractivity contribution >= 4 is 24.0 Å². The first-order valence-corrected chi connectivity index (χ1v) is 4.87. The second-order valence-corrected chi connectivity index (χ2v) is 3.30. The van der Waals surface area contributed by atoms with Crippen molar-refractivity contribution in [1.82, 2.24) is 5.01 Å². The van der Waals surface area contributed by atoms with E-state index in [1.165, 1.54) is 24.3 Å². The Morgan fingerprint density at radius 1 is 0.895 bits per heavy atom. The van der Waals surface area contributed by atoms with E-state index < -0.39 is 18.3 Å². The van der Waals surface area contributed by atoms with Crippen molar-refractivity contribution in [2.45, 2.75) is 6.61 Å². The third-order valence-electron chi connectivity index (χ3n) is 2.11. The molecule has 1 aromatic carbocycles. The Balaban J connectivity index is 3.22. The van der Waals surface area contributed by atoms with Crippen LogP contribution in [0.3, 0.4) is 0 Å². The summed E-state index contributed by atoms with van der Waals surface area (Å²) in [5.41, 5.74) is 0.279. The highest BCUT2D eigenvalue weighted by Crippen LogP contribution is 2.18. The van der Waals surface area contributed by atoms with Crippen molar-refractivity contribution in [1.29, 1.82) is 0 Å². The van der Waals surface area contributed by atoms with Gasteiger partial charge in [0.15, 0.2) is 0 Å². The quantitative estimate of drug-likeness (QED) is 0.593. The Kier molecular flexibility index (Phi) is 4.27. The Morgan fingerprint density at radius 3 is 1.68 bits per heavy atom. The number of hydrazine groups is 1. The topological polar surface area (TPSA) is 139 Å². The number of carbonyl (C=O) groups is 3. The minimum absolute atomic E-state index is 0.0613. The van der Waals surface area contributed by atoms with Gasteiger partial charge < -0.3 is 20.4 Å². The van der Waals surface area contributed by atoms with Gasteiger partial charge in [0, 0.05) is 0 Å².